The van der Waals surface area contributed by atoms with Crippen molar-refractivity contribution in [2.24, 2.45) is 5.92 Å². The Balaban J connectivity index is 1.63. The molecule has 2 atom stereocenters. The predicted octanol–water partition coefficient (Wildman–Crippen LogP) is 1.40. The summed E-state index contributed by atoms with van der Waals surface area (Å²) in [7, 11) is 5.63. The van der Waals surface area contributed by atoms with E-state index < -0.39 is 0 Å². The number of pyridine rings is 1. The fourth-order valence-electron chi connectivity index (χ4n) is 3.75. The molecule has 3 rings (SSSR count). The maximum atomic E-state index is 12.5. The Labute approximate surface area is 143 Å². The molecule has 0 bridgehead atoms. The molecule has 2 aliphatic rings. The number of nitrogens with one attached hydrogen (secondary N) is 1. The molecule has 1 aliphatic carbocycles. The van der Waals surface area contributed by atoms with Gasteiger partial charge >= 0.3 is 0 Å². The number of fused-ring (bicyclic) bond motifs is 1. The molecule has 0 aromatic carbocycles. The Kier molecular flexibility index (Phi) is 4.85. The fraction of sp³-hybridized carbons (Fsp3) is 0.611. The highest BCUT2D eigenvalue weighted by Crippen LogP contribution is 2.26. The second kappa shape index (κ2) is 6.89. The van der Waals surface area contributed by atoms with Gasteiger partial charge in [0.05, 0.1) is 0 Å². The molecule has 1 aromatic heterocycles. The summed E-state index contributed by atoms with van der Waals surface area (Å²) in [6.07, 6.45) is 5.34. The van der Waals surface area contributed by atoms with E-state index in [1.165, 1.54) is 11.1 Å². The second-order valence-electron chi connectivity index (χ2n) is 7.28. The molecule has 2 heterocycles. The molecule has 0 radical (unpaired) electrons. The Morgan fingerprint density at radius 2 is 2.00 bits per heavy atom. The number of nitrogens with zero attached hydrogens (tertiary/aromatic N) is 3. The highest BCUT2D eigenvalue weighted by molar-refractivity contribution is 5.92. The van der Waals surface area contributed by atoms with Gasteiger partial charge in [0.15, 0.2) is 0 Å². The van der Waals surface area contributed by atoms with Gasteiger partial charge in [-0.3, -0.25) is 19.5 Å². The van der Waals surface area contributed by atoms with Crippen LogP contribution in [0.4, 0.5) is 0 Å². The van der Waals surface area contributed by atoms with Crippen LogP contribution in [-0.2, 0) is 17.9 Å². The first-order valence-electron chi connectivity index (χ1n) is 8.62. The lowest BCUT2D eigenvalue weighted by Crippen LogP contribution is -2.42. The Hall–Kier alpha value is -1.95. The molecule has 2 amide bonds. The average molecular weight is 330 g/mol. The number of hydrogen-bond acceptors (Lipinski definition) is 4. The molecule has 0 saturated heterocycles. The van der Waals surface area contributed by atoms with Crippen molar-refractivity contribution in [2.75, 3.05) is 21.1 Å². The molecule has 1 aromatic rings. The maximum Gasteiger partial charge on any atom is 0.270 e. The Morgan fingerprint density at radius 1 is 1.25 bits per heavy atom. The molecule has 0 spiro atoms. The third-order valence-corrected chi connectivity index (χ3v) is 5.00. The Morgan fingerprint density at radius 3 is 2.75 bits per heavy atom. The van der Waals surface area contributed by atoms with Crippen molar-refractivity contribution in [1.82, 2.24) is 20.1 Å². The van der Waals surface area contributed by atoms with Crippen molar-refractivity contribution in [3.05, 3.63) is 29.1 Å². The molecular weight excluding hydrogens is 304 g/mol. The predicted molar refractivity (Wildman–Crippen MR) is 91.3 cm³/mol. The van der Waals surface area contributed by atoms with Crippen molar-refractivity contribution in [2.45, 2.75) is 44.8 Å². The minimum atomic E-state index is -0.129. The van der Waals surface area contributed by atoms with Gasteiger partial charge in [-0.15, -0.1) is 0 Å². The molecule has 6 nitrogen and oxygen atoms in total. The van der Waals surface area contributed by atoms with Crippen molar-refractivity contribution in [3.63, 3.8) is 0 Å². The van der Waals surface area contributed by atoms with Crippen LogP contribution in [0.15, 0.2) is 12.3 Å². The minimum absolute atomic E-state index is 0.0145. The third-order valence-electron chi connectivity index (χ3n) is 5.00. The van der Waals surface area contributed by atoms with E-state index in [2.05, 4.69) is 22.2 Å². The van der Waals surface area contributed by atoms with E-state index in [9.17, 15) is 9.59 Å². The van der Waals surface area contributed by atoms with Crippen LogP contribution in [0.1, 0.15) is 47.3 Å². The Bertz CT molecular complexity index is 644. The number of amides is 2. The van der Waals surface area contributed by atoms with Crippen molar-refractivity contribution < 1.29 is 9.59 Å². The first kappa shape index (κ1) is 16.9. The number of hydrogen-bond donors (Lipinski definition) is 1. The van der Waals surface area contributed by atoms with Gasteiger partial charge in [0, 0.05) is 45.3 Å². The average Bonchev–Trinajstić information content (AvgIpc) is 2.93. The van der Waals surface area contributed by atoms with Gasteiger partial charge < -0.3 is 10.2 Å². The molecule has 1 fully saturated rings. The summed E-state index contributed by atoms with van der Waals surface area (Å²) in [5.41, 5.74) is 2.86. The molecule has 24 heavy (non-hydrogen) atoms. The third kappa shape index (κ3) is 3.59. The van der Waals surface area contributed by atoms with Crippen LogP contribution in [0, 0.1) is 5.92 Å². The zero-order valence-electron chi connectivity index (χ0n) is 14.7. The van der Waals surface area contributed by atoms with E-state index in [0.29, 0.717) is 5.69 Å². The topological polar surface area (TPSA) is 65.5 Å². The van der Waals surface area contributed by atoms with E-state index in [4.69, 9.17) is 0 Å². The van der Waals surface area contributed by atoms with Gasteiger partial charge in [-0.1, -0.05) is 6.42 Å². The van der Waals surface area contributed by atoms with Gasteiger partial charge in [0.2, 0.25) is 5.91 Å². The summed E-state index contributed by atoms with van der Waals surface area (Å²) >= 11 is 0. The van der Waals surface area contributed by atoms with Crippen LogP contribution in [0.3, 0.4) is 0 Å². The van der Waals surface area contributed by atoms with Crippen molar-refractivity contribution in [1.29, 1.82) is 0 Å². The summed E-state index contributed by atoms with van der Waals surface area (Å²) in [5, 5.41) is 3.08. The highest BCUT2D eigenvalue weighted by Gasteiger charge is 2.29. The summed E-state index contributed by atoms with van der Waals surface area (Å²) in [4.78, 5) is 32.8. The van der Waals surface area contributed by atoms with Crippen molar-refractivity contribution >= 4 is 11.8 Å². The van der Waals surface area contributed by atoms with Gasteiger partial charge in [-0.25, -0.2) is 0 Å². The number of carbonyl (C=O) groups excluding carboxylic acids is 2. The standard InChI is InChI=1S/C18H26N4O2/c1-21(2)18(24)12-5-4-6-15(7-12)20-17(23)16-8-13-10-22(3)11-14(13)9-19-16/h8-9,12,15H,4-7,10-11H2,1-3H3,(H,20,23). The summed E-state index contributed by atoms with van der Waals surface area (Å²) in [6, 6.07) is 1.96. The molecule has 6 heteroatoms. The van der Waals surface area contributed by atoms with Crippen LogP contribution in [0.25, 0.3) is 0 Å². The highest BCUT2D eigenvalue weighted by atomic mass is 16.2. The number of carbonyl (C=O) groups is 2. The second-order valence-corrected chi connectivity index (χ2v) is 7.28. The molecule has 130 valence electrons. The first-order valence-corrected chi connectivity index (χ1v) is 8.62. The summed E-state index contributed by atoms with van der Waals surface area (Å²) in [5.74, 6) is 0.0450. The lowest BCUT2D eigenvalue weighted by Gasteiger charge is -2.30. The lowest BCUT2D eigenvalue weighted by molar-refractivity contribution is -0.134. The number of aromatic nitrogens is 1. The van der Waals surface area contributed by atoms with Crippen LogP contribution in [-0.4, -0.2) is 53.8 Å². The monoisotopic (exact) mass is 330 g/mol. The van der Waals surface area contributed by atoms with Gasteiger partial charge in [-0.05, 0) is 43.5 Å². The zero-order chi connectivity index (χ0) is 17.3. The SMILES string of the molecule is CN1Cc2cnc(C(=O)NC3CCCC(C(=O)N(C)C)C3)cc2C1. The maximum absolute atomic E-state index is 12.5. The first-order chi connectivity index (χ1) is 11.4. The zero-order valence-corrected chi connectivity index (χ0v) is 14.7. The minimum Gasteiger partial charge on any atom is -0.349 e. The summed E-state index contributed by atoms with van der Waals surface area (Å²) in [6.45, 7) is 1.75. The molecule has 2 unspecified atom stereocenters. The van der Waals surface area contributed by atoms with Crippen LogP contribution in [0.5, 0.6) is 0 Å². The van der Waals surface area contributed by atoms with Crippen LogP contribution < -0.4 is 5.32 Å². The molecular formula is C18H26N4O2. The molecule has 1 N–H and O–H groups in total. The molecule has 1 aliphatic heterocycles. The van der Waals surface area contributed by atoms with Crippen LogP contribution >= 0.6 is 0 Å². The quantitative estimate of drug-likeness (QED) is 0.910. The van der Waals surface area contributed by atoms with Crippen molar-refractivity contribution in [3.8, 4) is 0 Å². The normalized spacial score (nSPS) is 23.6. The van der Waals surface area contributed by atoms with E-state index >= 15 is 0 Å². The van der Waals surface area contributed by atoms with E-state index in [1.54, 1.807) is 19.0 Å². The van der Waals surface area contributed by atoms with Gasteiger partial charge in [0.1, 0.15) is 5.69 Å². The smallest absolute Gasteiger partial charge is 0.270 e. The fourth-order valence-corrected chi connectivity index (χ4v) is 3.75. The van der Waals surface area contributed by atoms with Gasteiger partial charge in [0.25, 0.3) is 5.91 Å². The summed E-state index contributed by atoms with van der Waals surface area (Å²) < 4.78 is 0. The van der Waals surface area contributed by atoms with Crippen LogP contribution in [0.2, 0.25) is 0 Å². The molecule has 1 saturated carbocycles. The lowest BCUT2D eigenvalue weighted by atomic mass is 9.85. The van der Waals surface area contributed by atoms with E-state index in [-0.39, 0.29) is 23.8 Å². The number of rotatable bonds is 3. The van der Waals surface area contributed by atoms with E-state index in [0.717, 1.165) is 38.8 Å². The van der Waals surface area contributed by atoms with Gasteiger partial charge in [-0.2, -0.15) is 0 Å². The van der Waals surface area contributed by atoms with E-state index in [1.807, 2.05) is 12.3 Å². The largest absolute Gasteiger partial charge is 0.349 e.